The van der Waals surface area contributed by atoms with Crippen molar-refractivity contribution in [1.82, 2.24) is 15.0 Å². The highest BCUT2D eigenvalue weighted by Crippen LogP contribution is 2.22. The maximum atomic E-state index is 11.1. The molecular formula is C18H15N3O3S. The highest BCUT2D eigenvalue weighted by Gasteiger charge is 2.12. The molecule has 0 fully saturated rings. The van der Waals surface area contributed by atoms with Crippen molar-refractivity contribution in [2.24, 2.45) is 0 Å². The highest BCUT2D eigenvalue weighted by molar-refractivity contribution is 7.85. The molecule has 0 saturated carbocycles. The lowest BCUT2D eigenvalue weighted by Crippen LogP contribution is -1.97. The van der Waals surface area contributed by atoms with Gasteiger partial charge in [0.05, 0.1) is 15.9 Å². The van der Waals surface area contributed by atoms with Gasteiger partial charge in [0.1, 0.15) is 5.82 Å². The molecule has 0 saturated heterocycles. The van der Waals surface area contributed by atoms with Gasteiger partial charge in [-0.3, -0.25) is 9.54 Å². The smallest absolute Gasteiger partial charge is 0.294 e. The van der Waals surface area contributed by atoms with Crippen LogP contribution in [0.2, 0.25) is 0 Å². The number of benzene rings is 2. The molecule has 6 nitrogen and oxygen atoms in total. The molecular weight excluding hydrogens is 338 g/mol. The van der Waals surface area contributed by atoms with E-state index < -0.39 is 10.1 Å². The lowest BCUT2D eigenvalue weighted by atomic mass is 10.2. The largest absolute Gasteiger partial charge is 0.338 e. The Labute approximate surface area is 145 Å². The second-order valence-corrected chi connectivity index (χ2v) is 6.55. The zero-order valence-electron chi connectivity index (χ0n) is 13.1. The van der Waals surface area contributed by atoms with Gasteiger partial charge in [0.15, 0.2) is 0 Å². The third kappa shape index (κ3) is 4.28. The first kappa shape index (κ1) is 16.8. The lowest BCUT2D eigenvalue weighted by molar-refractivity contribution is 0.483. The SMILES string of the molecule is O=S(=O)(O)c1ccc2nc(-c3ccccc3)[nH]c2c1.c1ccncc1. The van der Waals surface area contributed by atoms with E-state index in [-0.39, 0.29) is 4.90 Å². The van der Waals surface area contributed by atoms with E-state index in [0.717, 1.165) is 5.56 Å². The summed E-state index contributed by atoms with van der Waals surface area (Å²) in [5.41, 5.74) is 2.12. The molecule has 4 aromatic rings. The lowest BCUT2D eigenvalue weighted by Gasteiger charge is -1.95. The van der Waals surface area contributed by atoms with Crippen LogP contribution in [0.5, 0.6) is 0 Å². The Morgan fingerprint density at radius 1 is 0.880 bits per heavy atom. The molecule has 0 aliphatic carbocycles. The zero-order chi connectivity index (χ0) is 17.7. The van der Waals surface area contributed by atoms with Gasteiger partial charge < -0.3 is 4.98 Å². The van der Waals surface area contributed by atoms with Crippen LogP contribution in [0, 0.1) is 0 Å². The highest BCUT2D eigenvalue weighted by atomic mass is 32.2. The number of nitrogens with zero attached hydrogens (tertiary/aromatic N) is 2. The molecule has 2 N–H and O–H groups in total. The average molecular weight is 353 g/mol. The van der Waals surface area contributed by atoms with E-state index in [1.54, 1.807) is 18.5 Å². The van der Waals surface area contributed by atoms with Crippen LogP contribution in [0.3, 0.4) is 0 Å². The maximum absolute atomic E-state index is 11.1. The molecule has 0 amide bonds. The van der Waals surface area contributed by atoms with Gasteiger partial charge in [0, 0.05) is 18.0 Å². The van der Waals surface area contributed by atoms with Gasteiger partial charge in [0.2, 0.25) is 0 Å². The summed E-state index contributed by atoms with van der Waals surface area (Å²) in [5, 5.41) is 0. The number of imidazole rings is 1. The summed E-state index contributed by atoms with van der Waals surface area (Å²) in [4.78, 5) is 11.0. The van der Waals surface area contributed by atoms with Crippen molar-refractivity contribution in [3.05, 3.63) is 79.1 Å². The van der Waals surface area contributed by atoms with Crippen molar-refractivity contribution in [2.75, 3.05) is 0 Å². The van der Waals surface area contributed by atoms with Gasteiger partial charge in [0.25, 0.3) is 10.1 Å². The van der Waals surface area contributed by atoms with Crippen molar-refractivity contribution in [3.8, 4) is 11.4 Å². The first-order chi connectivity index (χ1) is 12.0. The van der Waals surface area contributed by atoms with Crippen LogP contribution in [0.15, 0.2) is 84.0 Å². The molecule has 0 aliphatic rings. The molecule has 126 valence electrons. The third-order valence-electron chi connectivity index (χ3n) is 3.36. The zero-order valence-corrected chi connectivity index (χ0v) is 13.9. The number of aromatic amines is 1. The Hall–Kier alpha value is -3.03. The third-order valence-corrected chi connectivity index (χ3v) is 4.21. The minimum atomic E-state index is -4.20. The summed E-state index contributed by atoms with van der Waals surface area (Å²) in [6.45, 7) is 0. The summed E-state index contributed by atoms with van der Waals surface area (Å²) in [6.07, 6.45) is 3.50. The van der Waals surface area contributed by atoms with Gasteiger partial charge in [-0.25, -0.2) is 4.98 Å². The fourth-order valence-corrected chi connectivity index (χ4v) is 2.70. The molecule has 0 spiro atoms. The van der Waals surface area contributed by atoms with Crippen LogP contribution < -0.4 is 0 Å². The van der Waals surface area contributed by atoms with Crippen molar-refractivity contribution < 1.29 is 13.0 Å². The Bertz CT molecular complexity index is 1040. The number of hydrogen-bond donors (Lipinski definition) is 2. The minimum Gasteiger partial charge on any atom is -0.338 e. The number of nitrogens with one attached hydrogen (secondary N) is 1. The van der Waals surface area contributed by atoms with E-state index in [1.807, 2.05) is 48.5 Å². The fraction of sp³-hybridized carbons (Fsp3) is 0. The molecule has 0 unspecified atom stereocenters. The molecule has 0 atom stereocenters. The van der Waals surface area contributed by atoms with Crippen molar-refractivity contribution >= 4 is 21.2 Å². The number of fused-ring (bicyclic) bond motifs is 1. The van der Waals surface area contributed by atoms with Gasteiger partial charge in [-0.15, -0.1) is 0 Å². The monoisotopic (exact) mass is 353 g/mol. The topological polar surface area (TPSA) is 95.9 Å². The molecule has 25 heavy (non-hydrogen) atoms. The van der Waals surface area contributed by atoms with Gasteiger partial charge in [-0.05, 0) is 30.3 Å². The molecule has 7 heteroatoms. The first-order valence-electron chi connectivity index (χ1n) is 7.42. The van der Waals surface area contributed by atoms with E-state index >= 15 is 0 Å². The second kappa shape index (κ2) is 7.25. The normalized spacial score (nSPS) is 10.9. The summed E-state index contributed by atoms with van der Waals surface area (Å²) < 4.78 is 31.2. The van der Waals surface area contributed by atoms with E-state index in [9.17, 15) is 8.42 Å². The van der Waals surface area contributed by atoms with Crippen LogP contribution in [0.4, 0.5) is 0 Å². The van der Waals surface area contributed by atoms with Crippen molar-refractivity contribution in [1.29, 1.82) is 0 Å². The van der Waals surface area contributed by atoms with Crippen LogP contribution in [-0.2, 0) is 10.1 Å². The van der Waals surface area contributed by atoms with Gasteiger partial charge in [-0.2, -0.15) is 8.42 Å². The van der Waals surface area contributed by atoms with E-state index in [1.165, 1.54) is 12.1 Å². The number of rotatable bonds is 2. The minimum absolute atomic E-state index is 0.150. The summed E-state index contributed by atoms with van der Waals surface area (Å²) >= 11 is 0. The number of H-pyrrole nitrogens is 1. The molecule has 2 aromatic carbocycles. The molecule has 0 aliphatic heterocycles. The summed E-state index contributed by atoms with van der Waals surface area (Å²) in [5.74, 6) is 0.656. The Balaban J connectivity index is 0.000000258. The predicted octanol–water partition coefficient (Wildman–Crippen LogP) is 3.56. The standard InChI is InChI=1S/C13H10N2O3S.C5H5N/c16-19(17,18)10-6-7-11-12(8-10)15-13(14-11)9-4-2-1-3-5-9;1-2-4-6-5-3-1/h1-8H,(H,14,15)(H,16,17,18);1-5H. The van der Waals surface area contributed by atoms with E-state index in [4.69, 9.17) is 4.55 Å². The quantitative estimate of drug-likeness (QED) is 0.537. The van der Waals surface area contributed by atoms with Crippen LogP contribution in [0.25, 0.3) is 22.4 Å². The number of aromatic nitrogens is 3. The molecule has 2 aromatic heterocycles. The van der Waals surface area contributed by atoms with Crippen molar-refractivity contribution in [2.45, 2.75) is 4.90 Å². The summed E-state index contributed by atoms with van der Waals surface area (Å²) in [6, 6.07) is 19.5. The molecule has 0 bridgehead atoms. The Kier molecular flexibility index (Phi) is 4.87. The van der Waals surface area contributed by atoms with E-state index in [2.05, 4.69) is 15.0 Å². The molecule has 4 rings (SSSR count). The van der Waals surface area contributed by atoms with E-state index in [0.29, 0.717) is 16.9 Å². The first-order valence-corrected chi connectivity index (χ1v) is 8.86. The Morgan fingerprint density at radius 2 is 1.56 bits per heavy atom. The maximum Gasteiger partial charge on any atom is 0.294 e. The average Bonchev–Trinajstić information content (AvgIpc) is 3.07. The summed E-state index contributed by atoms with van der Waals surface area (Å²) in [7, 11) is -4.20. The Morgan fingerprint density at radius 3 is 2.12 bits per heavy atom. The second-order valence-electron chi connectivity index (χ2n) is 5.13. The van der Waals surface area contributed by atoms with Crippen LogP contribution in [-0.4, -0.2) is 27.9 Å². The van der Waals surface area contributed by atoms with Crippen LogP contribution >= 0.6 is 0 Å². The van der Waals surface area contributed by atoms with Gasteiger partial charge in [-0.1, -0.05) is 36.4 Å². The van der Waals surface area contributed by atoms with Gasteiger partial charge >= 0.3 is 0 Å². The van der Waals surface area contributed by atoms with Crippen LogP contribution in [0.1, 0.15) is 0 Å². The molecule has 2 heterocycles. The number of pyridine rings is 1. The van der Waals surface area contributed by atoms with Crippen molar-refractivity contribution in [3.63, 3.8) is 0 Å². The number of hydrogen-bond acceptors (Lipinski definition) is 4. The fourth-order valence-electron chi connectivity index (χ4n) is 2.19. The predicted molar refractivity (Wildman–Crippen MR) is 95.6 cm³/mol. The molecule has 0 radical (unpaired) electrons.